The molecule has 4 aliphatic rings. The monoisotopic (exact) mass is 577 g/mol. The first-order chi connectivity index (χ1) is 19.4. The molecule has 2 aromatic rings. The van der Waals surface area contributed by atoms with Gasteiger partial charge in [0.15, 0.2) is 0 Å². The number of aliphatic hydroxyl groups excluding tert-OH is 1. The van der Waals surface area contributed by atoms with Crippen LogP contribution in [0, 0.1) is 11.8 Å². The maximum Gasteiger partial charge on any atom is 0.251 e. The molecule has 6 rings (SSSR count). The Bertz CT molecular complexity index is 1360. The smallest absolute Gasteiger partial charge is 0.251 e. The quantitative estimate of drug-likeness (QED) is 0.527. The van der Waals surface area contributed by atoms with Crippen molar-refractivity contribution in [2.45, 2.75) is 42.0 Å². The molecule has 1 unspecified atom stereocenters. The van der Waals surface area contributed by atoms with E-state index >= 15 is 0 Å². The van der Waals surface area contributed by atoms with E-state index in [2.05, 4.69) is 0 Å². The normalized spacial score (nSPS) is 30.2. The van der Waals surface area contributed by atoms with Crippen LogP contribution in [0.5, 0.6) is 0 Å². The van der Waals surface area contributed by atoms with Gasteiger partial charge in [0.25, 0.3) is 5.91 Å². The van der Waals surface area contributed by atoms with E-state index in [1.807, 2.05) is 66.5 Å². The summed E-state index contributed by atoms with van der Waals surface area (Å²) in [5.74, 6) is -1.84. The zero-order chi connectivity index (χ0) is 28.0. The third-order valence-corrected chi connectivity index (χ3v) is 10.6. The number of hydrogen-bond donors (Lipinski definition) is 1. The van der Waals surface area contributed by atoms with Gasteiger partial charge in [0.05, 0.1) is 29.2 Å². The van der Waals surface area contributed by atoms with Crippen molar-refractivity contribution in [3.05, 3.63) is 89.5 Å². The zero-order valence-corrected chi connectivity index (χ0v) is 23.8. The van der Waals surface area contributed by atoms with Crippen LogP contribution in [-0.4, -0.2) is 74.4 Å². The van der Waals surface area contributed by atoms with Gasteiger partial charge < -0.3 is 19.8 Å². The molecule has 0 radical (unpaired) electrons. The number of nitrogens with zero attached hydrogens (tertiary/aromatic N) is 3. The topological polar surface area (TPSA) is 81.2 Å². The van der Waals surface area contributed by atoms with Crippen molar-refractivity contribution >= 4 is 46.8 Å². The Balaban J connectivity index is 1.42. The highest BCUT2D eigenvalue weighted by molar-refractivity contribution is 8.02. The van der Waals surface area contributed by atoms with E-state index in [9.17, 15) is 19.5 Å². The number of carbonyl (C=O) groups is 3. The molecule has 2 aromatic carbocycles. The zero-order valence-electron chi connectivity index (χ0n) is 22.2. The number of fused-ring (bicyclic) bond motifs is 2. The number of likely N-dealkylation sites (tertiary alicyclic amines) is 1. The number of amides is 3. The molecule has 40 heavy (non-hydrogen) atoms. The summed E-state index contributed by atoms with van der Waals surface area (Å²) >= 11 is 7.67. The third-order valence-electron chi connectivity index (χ3n) is 8.61. The predicted octanol–water partition coefficient (Wildman–Crippen LogP) is 3.91. The molecule has 208 valence electrons. The molecule has 2 saturated heterocycles. The Morgan fingerprint density at radius 3 is 2.45 bits per heavy atom. The fourth-order valence-corrected chi connectivity index (χ4v) is 8.85. The molecule has 4 heterocycles. The highest BCUT2D eigenvalue weighted by Crippen LogP contribution is 2.61. The highest BCUT2D eigenvalue weighted by Gasteiger charge is 2.71. The Labute approximate surface area is 243 Å². The molecule has 0 aromatic heterocycles. The second-order valence-corrected chi connectivity index (χ2v) is 12.7. The molecule has 9 heteroatoms. The summed E-state index contributed by atoms with van der Waals surface area (Å²) in [5.41, 5.74) is 1.71. The lowest BCUT2D eigenvalue weighted by atomic mass is 9.78. The minimum Gasteiger partial charge on any atom is -0.394 e. The van der Waals surface area contributed by atoms with E-state index in [-0.39, 0.29) is 29.6 Å². The summed E-state index contributed by atoms with van der Waals surface area (Å²) < 4.78 is -0.928. The van der Waals surface area contributed by atoms with Gasteiger partial charge in [-0.15, -0.1) is 11.8 Å². The SMILES string of the molecule is CC[C@@H](CO)N1C(=O)[C@@H]2[C@H]3C(=O)N(Cc4ccccc4)CC=C[C@H]3S[C@@]23C=CCN(c2ccc(Cl)cc2)C(=O)C13. The Morgan fingerprint density at radius 2 is 1.75 bits per heavy atom. The van der Waals surface area contributed by atoms with Crippen LogP contribution in [0.1, 0.15) is 18.9 Å². The molecule has 0 aliphatic carbocycles. The standard InChI is InChI=1S/C31H32ClN3O4S/c1-2-22(19-36)35-27-30(39)34(23-13-11-21(32)12-14-23)17-7-15-31(27)26(29(35)38)25-24(40-31)10-6-16-33(28(25)37)18-20-8-4-3-5-9-20/h3-15,22,24-27,36H,2,16-19H2,1H3/t22-,24+,25-,26-,27?,31-/m0/s1. The predicted molar refractivity (Wildman–Crippen MR) is 157 cm³/mol. The van der Waals surface area contributed by atoms with Crippen molar-refractivity contribution in [3.63, 3.8) is 0 Å². The second kappa shape index (κ2) is 10.7. The summed E-state index contributed by atoms with van der Waals surface area (Å²) in [6.45, 7) is 2.90. The average molecular weight is 578 g/mol. The average Bonchev–Trinajstić information content (AvgIpc) is 3.28. The fourth-order valence-electron chi connectivity index (χ4n) is 6.73. The summed E-state index contributed by atoms with van der Waals surface area (Å²) in [4.78, 5) is 48.2. The summed E-state index contributed by atoms with van der Waals surface area (Å²) in [6.07, 6.45) is 8.50. The van der Waals surface area contributed by atoms with Crippen LogP contribution >= 0.6 is 23.4 Å². The maximum atomic E-state index is 14.5. The van der Waals surface area contributed by atoms with Gasteiger partial charge in [-0.05, 0) is 36.2 Å². The lowest BCUT2D eigenvalue weighted by Gasteiger charge is -2.38. The van der Waals surface area contributed by atoms with Crippen molar-refractivity contribution in [2.24, 2.45) is 11.8 Å². The molecular formula is C31H32ClN3O4S. The van der Waals surface area contributed by atoms with Crippen LogP contribution in [0.3, 0.4) is 0 Å². The van der Waals surface area contributed by atoms with Gasteiger partial charge in [-0.3, -0.25) is 14.4 Å². The van der Waals surface area contributed by atoms with Gasteiger partial charge >= 0.3 is 0 Å². The number of rotatable bonds is 6. The van der Waals surface area contributed by atoms with Gasteiger partial charge in [0, 0.05) is 35.6 Å². The lowest BCUT2D eigenvalue weighted by molar-refractivity contribution is -0.145. The molecule has 1 N–H and O–H groups in total. The van der Waals surface area contributed by atoms with Crippen LogP contribution in [0.15, 0.2) is 78.9 Å². The lowest BCUT2D eigenvalue weighted by Crippen LogP contribution is -2.56. The highest BCUT2D eigenvalue weighted by atomic mass is 35.5. The fraction of sp³-hybridized carbons (Fsp3) is 0.387. The number of thioether (sulfide) groups is 1. The van der Waals surface area contributed by atoms with Crippen LogP contribution in [0.2, 0.25) is 5.02 Å². The second-order valence-electron chi connectivity index (χ2n) is 10.8. The molecule has 1 spiro atoms. The third kappa shape index (κ3) is 4.28. The first kappa shape index (κ1) is 27.1. The molecular weight excluding hydrogens is 546 g/mol. The van der Waals surface area contributed by atoms with Crippen LogP contribution in [0.4, 0.5) is 5.69 Å². The van der Waals surface area contributed by atoms with E-state index in [1.54, 1.807) is 45.8 Å². The number of carbonyl (C=O) groups excluding carboxylic acids is 3. The number of benzene rings is 2. The Morgan fingerprint density at radius 1 is 1.00 bits per heavy atom. The van der Waals surface area contributed by atoms with E-state index in [0.29, 0.717) is 36.8 Å². The van der Waals surface area contributed by atoms with Crippen LogP contribution in [-0.2, 0) is 20.9 Å². The first-order valence-corrected chi connectivity index (χ1v) is 15.0. The van der Waals surface area contributed by atoms with Crippen LogP contribution < -0.4 is 4.90 Å². The largest absolute Gasteiger partial charge is 0.394 e. The molecule has 0 bridgehead atoms. The van der Waals surface area contributed by atoms with Gasteiger partial charge in [-0.25, -0.2) is 0 Å². The van der Waals surface area contributed by atoms with Crippen molar-refractivity contribution in [1.82, 2.24) is 9.80 Å². The van der Waals surface area contributed by atoms with E-state index in [4.69, 9.17) is 11.6 Å². The minimum atomic E-state index is -0.928. The maximum absolute atomic E-state index is 14.5. The summed E-state index contributed by atoms with van der Waals surface area (Å²) in [5, 5.41) is 10.6. The number of hydrogen-bond acceptors (Lipinski definition) is 5. The molecule has 6 atom stereocenters. The van der Waals surface area contributed by atoms with Crippen molar-refractivity contribution in [1.29, 1.82) is 0 Å². The summed E-state index contributed by atoms with van der Waals surface area (Å²) in [7, 11) is 0. The minimum absolute atomic E-state index is 0.0705. The Hall–Kier alpha value is -3.07. The molecule has 2 fully saturated rings. The molecule has 0 saturated carbocycles. The van der Waals surface area contributed by atoms with Crippen molar-refractivity contribution in [3.8, 4) is 0 Å². The molecule has 3 amide bonds. The molecule has 4 aliphatic heterocycles. The molecule has 7 nitrogen and oxygen atoms in total. The van der Waals surface area contributed by atoms with Gasteiger partial charge in [0.1, 0.15) is 6.04 Å². The summed E-state index contributed by atoms with van der Waals surface area (Å²) in [6, 6.07) is 15.5. The number of anilines is 1. The Kier molecular flexibility index (Phi) is 7.27. The van der Waals surface area contributed by atoms with Gasteiger partial charge in [-0.1, -0.05) is 73.2 Å². The van der Waals surface area contributed by atoms with Crippen LogP contribution in [0.25, 0.3) is 0 Å². The van der Waals surface area contributed by atoms with Crippen molar-refractivity contribution < 1.29 is 19.5 Å². The van der Waals surface area contributed by atoms with Gasteiger partial charge in [0.2, 0.25) is 11.8 Å². The van der Waals surface area contributed by atoms with E-state index in [1.165, 1.54) is 0 Å². The van der Waals surface area contributed by atoms with Gasteiger partial charge in [-0.2, -0.15) is 0 Å². The van der Waals surface area contributed by atoms with Crippen molar-refractivity contribution in [2.75, 3.05) is 24.6 Å². The van der Waals surface area contributed by atoms with E-state index in [0.717, 1.165) is 5.56 Å². The van der Waals surface area contributed by atoms with E-state index < -0.39 is 28.7 Å². The number of halogens is 1. The number of aliphatic hydroxyl groups is 1. The first-order valence-electron chi connectivity index (χ1n) is 13.7.